The molecule has 0 spiro atoms. The maximum atomic E-state index is 14.8. The Kier molecular flexibility index (Phi) is 4.25. The average Bonchev–Trinajstić information content (AvgIpc) is 3.14. The van der Waals surface area contributed by atoms with Crippen molar-refractivity contribution in [2.24, 2.45) is 0 Å². The normalized spacial score (nSPS) is 11.4. The zero-order chi connectivity index (χ0) is 20.0. The fraction of sp³-hybridized carbons (Fsp3) is 0.0417. The molecule has 0 amide bonds. The lowest BCUT2D eigenvalue weighted by molar-refractivity contribution is 0.310. The maximum Gasteiger partial charge on any atom is 0.194 e. The van der Waals surface area contributed by atoms with Crippen molar-refractivity contribution < 1.29 is 13.5 Å². The Labute approximate surface area is 168 Å². The highest BCUT2D eigenvalue weighted by Crippen LogP contribution is 2.36. The second-order valence-electron chi connectivity index (χ2n) is 6.72. The minimum atomic E-state index is -1.00. The summed E-state index contributed by atoms with van der Waals surface area (Å²) in [4.78, 5) is 13.9. The lowest BCUT2D eigenvalue weighted by Crippen LogP contribution is -2.00. The van der Waals surface area contributed by atoms with Gasteiger partial charge in [0.2, 0.25) is 0 Å². The highest BCUT2D eigenvalue weighted by Gasteiger charge is 2.17. The van der Waals surface area contributed by atoms with Crippen LogP contribution in [0, 0.1) is 11.6 Å². The van der Waals surface area contributed by atoms with Gasteiger partial charge in [0.1, 0.15) is 12.4 Å². The van der Waals surface area contributed by atoms with Crippen molar-refractivity contribution in [3.8, 4) is 5.75 Å². The number of ether oxygens (including phenoxy) is 1. The van der Waals surface area contributed by atoms with Gasteiger partial charge in [0.25, 0.3) is 0 Å². The Hall–Kier alpha value is -3.31. The Balaban J connectivity index is 1.82. The lowest BCUT2D eigenvalue weighted by atomic mass is 10.1. The molecule has 0 atom stereocenters. The summed E-state index contributed by atoms with van der Waals surface area (Å²) in [5.74, 6) is -1.25. The fourth-order valence-electron chi connectivity index (χ4n) is 3.60. The summed E-state index contributed by atoms with van der Waals surface area (Å²) >= 11 is 1.42. The second kappa shape index (κ2) is 6.94. The van der Waals surface area contributed by atoms with Crippen LogP contribution in [-0.4, -0.2) is 0 Å². The van der Waals surface area contributed by atoms with Crippen molar-refractivity contribution >= 4 is 43.0 Å². The van der Waals surface area contributed by atoms with Gasteiger partial charge in [-0.05, 0) is 30.3 Å². The van der Waals surface area contributed by atoms with Crippen molar-refractivity contribution in [2.45, 2.75) is 6.61 Å². The van der Waals surface area contributed by atoms with Crippen LogP contribution in [0.4, 0.5) is 8.78 Å². The quantitative estimate of drug-likeness (QED) is 0.347. The minimum absolute atomic E-state index is 0.0170. The zero-order valence-corrected chi connectivity index (χ0v) is 15.9. The predicted molar refractivity (Wildman–Crippen MR) is 114 cm³/mol. The van der Waals surface area contributed by atoms with Gasteiger partial charge < -0.3 is 4.74 Å². The zero-order valence-electron chi connectivity index (χ0n) is 15.1. The van der Waals surface area contributed by atoms with Crippen LogP contribution in [0.5, 0.6) is 5.75 Å². The summed E-state index contributed by atoms with van der Waals surface area (Å²) < 4.78 is 35.5. The van der Waals surface area contributed by atoms with E-state index in [9.17, 15) is 13.6 Å². The molecule has 0 unspecified atom stereocenters. The standard InChI is InChI=1S/C24H14F2O2S/c25-20-11-10-18-21(22(20)26)19-12-15(13-28-14-6-2-1-3-7-14)29-24(19)17-9-5-4-8-16(17)23(18)27/h1-12H,13H2. The van der Waals surface area contributed by atoms with Crippen LogP contribution in [-0.2, 0) is 6.61 Å². The van der Waals surface area contributed by atoms with E-state index in [-0.39, 0.29) is 16.2 Å². The number of benzene rings is 3. The number of rotatable bonds is 3. The summed E-state index contributed by atoms with van der Waals surface area (Å²) in [5, 5.41) is 1.91. The Morgan fingerprint density at radius 2 is 1.52 bits per heavy atom. The number of para-hydroxylation sites is 1. The second-order valence-corrected chi connectivity index (χ2v) is 7.85. The van der Waals surface area contributed by atoms with Gasteiger partial charge in [-0.3, -0.25) is 4.79 Å². The third-order valence-electron chi connectivity index (χ3n) is 4.93. The van der Waals surface area contributed by atoms with Gasteiger partial charge in [-0.15, -0.1) is 11.3 Å². The predicted octanol–water partition coefficient (Wildman–Crippen LogP) is 6.43. The van der Waals surface area contributed by atoms with E-state index in [1.807, 2.05) is 42.5 Å². The largest absolute Gasteiger partial charge is 0.488 e. The smallest absolute Gasteiger partial charge is 0.194 e. The fourth-order valence-corrected chi connectivity index (χ4v) is 4.71. The Bertz CT molecular complexity index is 1440. The van der Waals surface area contributed by atoms with Crippen molar-refractivity contribution in [2.75, 3.05) is 0 Å². The molecule has 0 fully saturated rings. The van der Waals surface area contributed by atoms with Crippen molar-refractivity contribution in [1.29, 1.82) is 0 Å². The molecule has 142 valence electrons. The van der Waals surface area contributed by atoms with E-state index in [4.69, 9.17) is 4.74 Å². The van der Waals surface area contributed by atoms with Gasteiger partial charge in [-0.1, -0.05) is 42.5 Å². The number of hydrogen-bond donors (Lipinski definition) is 0. The SMILES string of the molecule is O=c1c2ccccc2c2sc(COc3ccccc3)cc2c2c(F)c(F)ccc12. The molecule has 1 heterocycles. The topological polar surface area (TPSA) is 26.3 Å². The summed E-state index contributed by atoms with van der Waals surface area (Å²) in [6.07, 6.45) is 0. The number of hydrogen-bond acceptors (Lipinski definition) is 3. The molecule has 0 aliphatic rings. The first-order valence-electron chi connectivity index (χ1n) is 9.06. The van der Waals surface area contributed by atoms with E-state index in [2.05, 4.69) is 0 Å². The van der Waals surface area contributed by atoms with Gasteiger partial charge >= 0.3 is 0 Å². The molecule has 0 radical (unpaired) electrons. The van der Waals surface area contributed by atoms with Crippen LogP contribution in [0.3, 0.4) is 0 Å². The monoisotopic (exact) mass is 404 g/mol. The molecule has 0 saturated heterocycles. The number of thiophene rings is 1. The summed E-state index contributed by atoms with van der Waals surface area (Å²) in [5.41, 5.74) is -0.306. The highest BCUT2D eigenvalue weighted by molar-refractivity contribution is 7.20. The van der Waals surface area contributed by atoms with Crippen LogP contribution in [0.25, 0.3) is 31.6 Å². The molecule has 29 heavy (non-hydrogen) atoms. The summed E-state index contributed by atoms with van der Waals surface area (Å²) in [6, 6.07) is 20.7. The van der Waals surface area contributed by atoms with Gasteiger partial charge in [0, 0.05) is 36.5 Å². The van der Waals surface area contributed by atoms with Crippen LogP contribution in [0.1, 0.15) is 4.88 Å². The molecule has 1 aromatic heterocycles. The van der Waals surface area contributed by atoms with E-state index in [1.165, 1.54) is 17.4 Å². The van der Waals surface area contributed by atoms with E-state index >= 15 is 0 Å². The van der Waals surface area contributed by atoms with Crippen molar-refractivity contribution in [3.63, 3.8) is 0 Å². The van der Waals surface area contributed by atoms with Gasteiger partial charge in [0.15, 0.2) is 17.1 Å². The molecule has 5 aromatic rings. The van der Waals surface area contributed by atoms with E-state index < -0.39 is 11.6 Å². The molecular formula is C24H14F2O2S. The van der Waals surface area contributed by atoms with Crippen LogP contribution >= 0.6 is 11.3 Å². The van der Waals surface area contributed by atoms with Gasteiger partial charge in [0.05, 0.1) is 0 Å². The Morgan fingerprint density at radius 1 is 0.793 bits per heavy atom. The molecular weight excluding hydrogens is 390 g/mol. The average molecular weight is 404 g/mol. The Morgan fingerprint density at radius 3 is 2.31 bits per heavy atom. The van der Waals surface area contributed by atoms with Gasteiger partial charge in [-0.2, -0.15) is 0 Å². The van der Waals surface area contributed by atoms with Crippen LogP contribution in [0.2, 0.25) is 0 Å². The van der Waals surface area contributed by atoms with Crippen LogP contribution in [0.15, 0.2) is 77.6 Å². The minimum Gasteiger partial charge on any atom is -0.488 e. The molecule has 5 rings (SSSR count). The van der Waals surface area contributed by atoms with E-state index in [1.54, 1.807) is 18.2 Å². The molecule has 5 heteroatoms. The first-order chi connectivity index (χ1) is 14.1. The molecule has 0 bridgehead atoms. The molecule has 2 nitrogen and oxygen atoms in total. The maximum absolute atomic E-state index is 14.8. The highest BCUT2D eigenvalue weighted by atomic mass is 32.1. The molecule has 0 N–H and O–H groups in total. The lowest BCUT2D eigenvalue weighted by Gasteiger charge is -2.03. The van der Waals surface area contributed by atoms with Gasteiger partial charge in [-0.25, -0.2) is 8.78 Å². The summed E-state index contributed by atoms with van der Waals surface area (Å²) in [6.45, 7) is 0.296. The third-order valence-corrected chi connectivity index (χ3v) is 6.07. The number of halogens is 2. The van der Waals surface area contributed by atoms with E-state index in [0.717, 1.165) is 26.8 Å². The van der Waals surface area contributed by atoms with E-state index in [0.29, 0.717) is 17.4 Å². The van der Waals surface area contributed by atoms with Crippen molar-refractivity contribution in [3.05, 3.63) is 99.5 Å². The molecule has 0 aliphatic heterocycles. The van der Waals surface area contributed by atoms with Crippen molar-refractivity contribution in [1.82, 2.24) is 0 Å². The summed E-state index contributed by atoms with van der Waals surface area (Å²) in [7, 11) is 0. The molecule has 4 aromatic carbocycles. The first kappa shape index (κ1) is 17.8. The molecule has 0 aliphatic carbocycles. The molecule has 0 saturated carbocycles. The third kappa shape index (κ3) is 2.95. The van der Waals surface area contributed by atoms with Crippen LogP contribution < -0.4 is 10.2 Å². The number of fused-ring (bicyclic) bond motifs is 5. The first-order valence-corrected chi connectivity index (χ1v) is 9.88.